The third kappa shape index (κ3) is 4.43. The number of carboxylic acids is 1. The van der Waals surface area contributed by atoms with Crippen LogP contribution in [0.5, 0.6) is 0 Å². The Bertz CT molecular complexity index is 871. The lowest BCUT2D eigenvalue weighted by Gasteiger charge is -2.33. The fraction of sp³-hybridized carbons (Fsp3) is 0.409. The maximum atomic E-state index is 11.0. The standard InChI is InChI=1S/C22H25BrClNO2S/c1-21(2)19-13-16(23)7-10-18(19)22(28-21,15-5-8-17(24)9-6-15)11-4-12-25(3)14-20(26)27/h5-10,13H,4,11-12,14H2,1-3H3,(H,26,27). The SMILES string of the molecule is CN(CCCC1(c2ccc(Cl)cc2)SC(C)(C)c2cc(Br)ccc21)CC(=O)O. The maximum absolute atomic E-state index is 11.0. The van der Waals surface area contributed by atoms with Crippen LogP contribution in [-0.2, 0) is 14.3 Å². The summed E-state index contributed by atoms with van der Waals surface area (Å²) in [6.07, 6.45) is 1.84. The van der Waals surface area contributed by atoms with E-state index in [2.05, 4.69) is 60.1 Å². The number of hydrogen-bond acceptors (Lipinski definition) is 3. The summed E-state index contributed by atoms with van der Waals surface area (Å²) in [4.78, 5) is 12.8. The molecular weight excluding hydrogens is 458 g/mol. The van der Waals surface area contributed by atoms with Gasteiger partial charge < -0.3 is 5.11 Å². The van der Waals surface area contributed by atoms with Crippen molar-refractivity contribution in [3.05, 3.63) is 68.7 Å². The van der Waals surface area contributed by atoms with E-state index in [0.717, 1.165) is 28.9 Å². The molecule has 0 fully saturated rings. The highest BCUT2D eigenvalue weighted by atomic mass is 79.9. The van der Waals surface area contributed by atoms with Crippen molar-refractivity contribution in [1.82, 2.24) is 4.90 Å². The normalized spacial score (nSPS) is 20.4. The molecule has 1 N–H and O–H groups in total. The Balaban J connectivity index is 1.98. The van der Waals surface area contributed by atoms with Crippen molar-refractivity contribution in [1.29, 1.82) is 0 Å². The molecule has 0 aliphatic carbocycles. The Morgan fingerprint density at radius 3 is 2.50 bits per heavy atom. The second kappa shape index (κ2) is 8.39. The molecule has 150 valence electrons. The van der Waals surface area contributed by atoms with Gasteiger partial charge in [0.05, 0.1) is 11.3 Å². The number of fused-ring (bicyclic) bond motifs is 1. The summed E-state index contributed by atoms with van der Waals surface area (Å²) in [7, 11) is 1.86. The predicted octanol–water partition coefficient (Wildman–Crippen LogP) is 6.12. The lowest BCUT2D eigenvalue weighted by Crippen LogP contribution is -2.29. The molecule has 2 aromatic carbocycles. The minimum Gasteiger partial charge on any atom is -0.480 e. The highest BCUT2D eigenvalue weighted by Crippen LogP contribution is 2.63. The zero-order valence-corrected chi connectivity index (χ0v) is 19.5. The molecule has 1 unspecified atom stereocenters. The number of carboxylic acid groups (broad SMARTS) is 1. The van der Waals surface area contributed by atoms with Crippen LogP contribution in [0.25, 0.3) is 0 Å². The summed E-state index contributed by atoms with van der Waals surface area (Å²) in [6, 6.07) is 14.8. The molecule has 3 nitrogen and oxygen atoms in total. The average molecular weight is 483 g/mol. The van der Waals surface area contributed by atoms with Crippen LogP contribution in [-0.4, -0.2) is 36.1 Å². The van der Waals surface area contributed by atoms with Gasteiger partial charge in [-0.15, -0.1) is 11.8 Å². The molecule has 0 spiro atoms. The predicted molar refractivity (Wildman–Crippen MR) is 121 cm³/mol. The zero-order chi connectivity index (χ0) is 20.5. The molecule has 2 aromatic rings. The van der Waals surface area contributed by atoms with Gasteiger partial charge in [0.25, 0.3) is 0 Å². The van der Waals surface area contributed by atoms with Gasteiger partial charge >= 0.3 is 5.97 Å². The number of thioether (sulfide) groups is 1. The molecule has 6 heteroatoms. The molecule has 0 saturated carbocycles. The van der Waals surface area contributed by atoms with Gasteiger partial charge in [0.2, 0.25) is 0 Å². The Morgan fingerprint density at radius 2 is 1.86 bits per heavy atom. The van der Waals surface area contributed by atoms with E-state index in [9.17, 15) is 4.79 Å². The van der Waals surface area contributed by atoms with Crippen LogP contribution in [0.3, 0.4) is 0 Å². The summed E-state index contributed by atoms with van der Waals surface area (Å²) in [6.45, 7) is 5.36. The van der Waals surface area contributed by atoms with E-state index >= 15 is 0 Å². The average Bonchev–Trinajstić information content (AvgIpc) is 2.82. The molecule has 0 aromatic heterocycles. The van der Waals surface area contributed by atoms with E-state index in [1.165, 1.54) is 16.7 Å². The largest absolute Gasteiger partial charge is 0.480 e. The van der Waals surface area contributed by atoms with Crippen molar-refractivity contribution >= 4 is 45.3 Å². The number of carbonyl (C=O) groups is 1. The second-order valence-electron chi connectivity index (χ2n) is 7.87. The van der Waals surface area contributed by atoms with Crippen molar-refractivity contribution in [3.8, 4) is 0 Å². The van der Waals surface area contributed by atoms with Crippen LogP contribution in [0.15, 0.2) is 46.9 Å². The van der Waals surface area contributed by atoms with Gasteiger partial charge in [-0.05, 0) is 81.2 Å². The number of benzene rings is 2. The number of rotatable bonds is 7. The Hall–Kier alpha value is -1.01. The van der Waals surface area contributed by atoms with Crippen molar-refractivity contribution in [3.63, 3.8) is 0 Å². The number of hydrogen-bond donors (Lipinski definition) is 1. The van der Waals surface area contributed by atoms with E-state index < -0.39 is 5.97 Å². The number of aliphatic carboxylic acids is 1. The lowest BCUT2D eigenvalue weighted by atomic mass is 9.82. The summed E-state index contributed by atoms with van der Waals surface area (Å²) in [5, 5.41) is 9.75. The third-order valence-electron chi connectivity index (χ3n) is 5.28. The number of nitrogens with zero attached hydrogens (tertiary/aromatic N) is 1. The van der Waals surface area contributed by atoms with Crippen LogP contribution in [0.4, 0.5) is 0 Å². The minimum atomic E-state index is -0.790. The van der Waals surface area contributed by atoms with Crippen LogP contribution < -0.4 is 0 Å². The molecule has 0 bridgehead atoms. The van der Waals surface area contributed by atoms with Gasteiger partial charge in [0.15, 0.2) is 0 Å². The molecule has 1 aliphatic heterocycles. The molecular formula is C22H25BrClNO2S. The first-order valence-corrected chi connectivity index (χ1v) is 11.3. The second-order valence-corrected chi connectivity index (χ2v) is 11.1. The molecule has 1 aliphatic rings. The van der Waals surface area contributed by atoms with Gasteiger partial charge in [-0.25, -0.2) is 0 Å². The number of likely N-dealkylation sites (N-methyl/N-ethyl adjacent to an activating group) is 1. The summed E-state index contributed by atoms with van der Waals surface area (Å²) >= 11 is 11.8. The summed E-state index contributed by atoms with van der Waals surface area (Å²) < 4.78 is 0.896. The highest BCUT2D eigenvalue weighted by molar-refractivity contribution is 9.10. The monoisotopic (exact) mass is 481 g/mol. The smallest absolute Gasteiger partial charge is 0.317 e. The first kappa shape index (κ1) is 21.7. The number of halogens is 2. The molecule has 0 saturated heterocycles. The molecule has 3 rings (SSSR count). The van der Waals surface area contributed by atoms with Crippen LogP contribution in [0.1, 0.15) is 43.4 Å². The Morgan fingerprint density at radius 1 is 1.18 bits per heavy atom. The van der Waals surface area contributed by atoms with Gasteiger partial charge in [0.1, 0.15) is 0 Å². The van der Waals surface area contributed by atoms with Crippen molar-refractivity contribution in [2.45, 2.75) is 36.2 Å². The van der Waals surface area contributed by atoms with Gasteiger partial charge in [-0.1, -0.05) is 45.7 Å². The van der Waals surface area contributed by atoms with E-state index in [1.807, 2.05) is 35.8 Å². The van der Waals surface area contributed by atoms with Crippen LogP contribution in [0.2, 0.25) is 5.02 Å². The topological polar surface area (TPSA) is 40.5 Å². The van der Waals surface area contributed by atoms with Gasteiger partial charge in [-0.2, -0.15) is 0 Å². The quantitative estimate of drug-likeness (QED) is 0.516. The Labute approximate surface area is 184 Å². The molecule has 0 amide bonds. The van der Waals surface area contributed by atoms with E-state index in [0.29, 0.717) is 0 Å². The molecule has 1 heterocycles. The first-order chi connectivity index (χ1) is 13.1. The van der Waals surface area contributed by atoms with Crippen LogP contribution >= 0.6 is 39.3 Å². The molecule has 0 radical (unpaired) electrons. The first-order valence-electron chi connectivity index (χ1n) is 9.31. The van der Waals surface area contributed by atoms with Crippen molar-refractivity contribution in [2.24, 2.45) is 0 Å². The summed E-state index contributed by atoms with van der Waals surface area (Å²) in [5.41, 5.74) is 3.94. The van der Waals surface area contributed by atoms with Crippen molar-refractivity contribution in [2.75, 3.05) is 20.1 Å². The molecule has 1 atom stereocenters. The van der Waals surface area contributed by atoms with Crippen LogP contribution in [0, 0.1) is 0 Å². The van der Waals surface area contributed by atoms with Gasteiger partial charge in [-0.3, -0.25) is 9.69 Å². The highest BCUT2D eigenvalue weighted by Gasteiger charge is 2.49. The van der Waals surface area contributed by atoms with E-state index in [-0.39, 0.29) is 16.0 Å². The molecule has 28 heavy (non-hydrogen) atoms. The fourth-order valence-corrected chi connectivity index (χ4v) is 6.51. The summed E-state index contributed by atoms with van der Waals surface area (Å²) in [5.74, 6) is -0.790. The minimum absolute atomic E-state index is 0.0221. The van der Waals surface area contributed by atoms with E-state index in [1.54, 1.807) is 0 Å². The zero-order valence-electron chi connectivity index (χ0n) is 16.3. The van der Waals surface area contributed by atoms with Crippen molar-refractivity contribution < 1.29 is 9.90 Å². The maximum Gasteiger partial charge on any atom is 0.317 e. The lowest BCUT2D eigenvalue weighted by molar-refractivity contribution is -0.137. The fourth-order valence-electron chi connectivity index (χ4n) is 4.08. The van der Waals surface area contributed by atoms with E-state index in [4.69, 9.17) is 16.7 Å². The Kier molecular flexibility index (Phi) is 6.50. The van der Waals surface area contributed by atoms with Gasteiger partial charge in [0, 0.05) is 14.2 Å². The third-order valence-corrected chi connectivity index (χ3v) is 7.76.